The molecule has 2 N–H and O–H groups in total. The maximum atomic E-state index is 13.5. The first-order chi connectivity index (χ1) is 16.6. The first kappa shape index (κ1) is 24.8. The van der Waals surface area contributed by atoms with Crippen molar-refractivity contribution < 1.29 is 24.2 Å². The molecule has 0 saturated carbocycles. The molecule has 1 heterocycles. The number of carboxylic acids is 1. The van der Waals surface area contributed by atoms with Gasteiger partial charge in [-0.3, -0.25) is 9.59 Å². The summed E-state index contributed by atoms with van der Waals surface area (Å²) in [4.78, 5) is 39.7. The maximum Gasteiger partial charge on any atom is 0.407 e. The largest absolute Gasteiger partial charge is 0.481 e. The molecule has 4 rings (SSSR count). The number of alkyl carbamates (subject to hydrolysis) is 1. The normalized spacial score (nSPS) is 20.2. The Morgan fingerprint density at radius 1 is 1.06 bits per heavy atom. The summed E-state index contributed by atoms with van der Waals surface area (Å²) in [5, 5.41) is 12.3. The number of carboxylic acid groups (broad SMARTS) is 1. The highest BCUT2D eigenvalue weighted by atomic mass is 16.5. The van der Waals surface area contributed by atoms with Gasteiger partial charge in [-0.1, -0.05) is 76.2 Å². The second-order valence-electron chi connectivity index (χ2n) is 10.5. The molecule has 1 aliphatic heterocycles. The van der Waals surface area contributed by atoms with Crippen LogP contribution in [0.25, 0.3) is 11.1 Å². The average Bonchev–Trinajstić information content (AvgIpc) is 3.39. The zero-order valence-corrected chi connectivity index (χ0v) is 20.8. The van der Waals surface area contributed by atoms with Gasteiger partial charge in [0.1, 0.15) is 12.6 Å². The number of benzene rings is 2. The van der Waals surface area contributed by atoms with Gasteiger partial charge < -0.3 is 20.1 Å². The number of hydrogen-bond donors (Lipinski definition) is 2. The monoisotopic (exact) mass is 478 g/mol. The lowest BCUT2D eigenvalue weighted by Crippen LogP contribution is -2.56. The van der Waals surface area contributed by atoms with E-state index >= 15 is 0 Å². The standard InChI is InChI=1S/C28H34N2O5/c1-5-23-21(26(32)33)14-15-30(23)25(31)24(28(2,3)4)29-27(34)35-16-22-19-12-8-6-10-17(19)18-11-7-9-13-20(18)22/h6-13,21-24H,5,14-16H2,1-4H3,(H,29,34)(H,32,33)/t21?,23?,24-/m1/s1. The summed E-state index contributed by atoms with van der Waals surface area (Å²) < 4.78 is 5.68. The number of nitrogens with one attached hydrogen (secondary N) is 1. The van der Waals surface area contributed by atoms with Crippen molar-refractivity contribution in [2.24, 2.45) is 11.3 Å². The summed E-state index contributed by atoms with van der Waals surface area (Å²) in [7, 11) is 0. The van der Waals surface area contributed by atoms with Crippen LogP contribution in [0.2, 0.25) is 0 Å². The number of aliphatic carboxylic acids is 1. The summed E-state index contributed by atoms with van der Waals surface area (Å²) >= 11 is 0. The van der Waals surface area contributed by atoms with Crippen LogP contribution in [0.1, 0.15) is 57.6 Å². The van der Waals surface area contributed by atoms with Crippen LogP contribution in [0.5, 0.6) is 0 Å². The van der Waals surface area contributed by atoms with Gasteiger partial charge >= 0.3 is 12.1 Å². The molecule has 1 fully saturated rings. The predicted octanol–water partition coefficient (Wildman–Crippen LogP) is 4.65. The maximum absolute atomic E-state index is 13.5. The second kappa shape index (κ2) is 9.72. The van der Waals surface area contributed by atoms with Crippen LogP contribution in [-0.2, 0) is 14.3 Å². The molecule has 7 heteroatoms. The van der Waals surface area contributed by atoms with Crippen molar-refractivity contribution in [1.29, 1.82) is 0 Å². The Morgan fingerprint density at radius 3 is 2.14 bits per heavy atom. The minimum atomic E-state index is -0.885. The Labute approximate surface area is 206 Å². The van der Waals surface area contributed by atoms with Crippen LogP contribution in [0.3, 0.4) is 0 Å². The molecule has 0 radical (unpaired) electrons. The molecule has 2 aromatic carbocycles. The third kappa shape index (κ3) is 4.77. The Morgan fingerprint density at radius 2 is 1.63 bits per heavy atom. The van der Waals surface area contributed by atoms with E-state index in [4.69, 9.17) is 4.74 Å². The quantitative estimate of drug-likeness (QED) is 0.630. The van der Waals surface area contributed by atoms with Crippen LogP contribution < -0.4 is 5.32 Å². The van der Waals surface area contributed by atoms with Crippen LogP contribution in [0.4, 0.5) is 4.79 Å². The number of likely N-dealkylation sites (tertiary alicyclic amines) is 1. The van der Waals surface area contributed by atoms with E-state index in [1.54, 1.807) is 4.90 Å². The second-order valence-corrected chi connectivity index (χ2v) is 10.5. The van der Waals surface area contributed by atoms with Gasteiger partial charge in [0.25, 0.3) is 0 Å². The van der Waals surface area contributed by atoms with Crippen molar-refractivity contribution in [2.45, 2.75) is 58.5 Å². The minimum Gasteiger partial charge on any atom is -0.481 e. The number of fused-ring (bicyclic) bond motifs is 3. The third-order valence-electron chi connectivity index (χ3n) is 7.28. The van der Waals surface area contributed by atoms with Gasteiger partial charge in [-0.2, -0.15) is 0 Å². The van der Waals surface area contributed by atoms with Crippen molar-refractivity contribution in [1.82, 2.24) is 10.2 Å². The number of hydrogen-bond acceptors (Lipinski definition) is 4. The van der Waals surface area contributed by atoms with Crippen molar-refractivity contribution in [3.63, 3.8) is 0 Å². The van der Waals surface area contributed by atoms with Gasteiger partial charge in [0.15, 0.2) is 0 Å². The highest BCUT2D eigenvalue weighted by molar-refractivity contribution is 5.88. The van der Waals surface area contributed by atoms with Gasteiger partial charge in [-0.05, 0) is 40.5 Å². The molecule has 186 valence electrons. The number of rotatable bonds is 6. The molecule has 0 spiro atoms. The fourth-order valence-corrected chi connectivity index (χ4v) is 5.49. The van der Waals surface area contributed by atoms with Crippen LogP contribution in [-0.4, -0.2) is 53.2 Å². The van der Waals surface area contributed by atoms with Gasteiger partial charge in [0, 0.05) is 18.5 Å². The van der Waals surface area contributed by atoms with Crippen molar-refractivity contribution in [3.05, 3.63) is 59.7 Å². The molecule has 2 aromatic rings. The molecule has 2 amide bonds. The first-order valence-electron chi connectivity index (χ1n) is 12.3. The lowest BCUT2D eigenvalue weighted by Gasteiger charge is -2.36. The lowest BCUT2D eigenvalue weighted by atomic mass is 9.85. The summed E-state index contributed by atoms with van der Waals surface area (Å²) in [5.74, 6) is -1.80. The number of carbonyl (C=O) groups excluding carboxylic acids is 2. The number of amides is 2. The Kier molecular flexibility index (Phi) is 6.88. The molecular weight excluding hydrogens is 444 g/mol. The fraction of sp³-hybridized carbons (Fsp3) is 0.464. The van der Waals surface area contributed by atoms with Gasteiger partial charge in [0.2, 0.25) is 5.91 Å². The molecule has 2 aliphatic rings. The van der Waals surface area contributed by atoms with E-state index in [1.165, 1.54) is 0 Å². The number of carbonyl (C=O) groups is 3. The zero-order valence-electron chi connectivity index (χ0n) is 20.8. The third-order valence-corrected chi connectivity index (χ3v) is 7.28. The summed E-state index contributed by atoms with van der Waals surface area (Å²) in [5.41, 5.74) is 3.95. The summed E-state index contributed by atoms with van der Waals surface area (Å²) in [6, 6.07) is 15.0. The van der Waals surface area contributed by atoms with Crippen LogP contribution in [0, 0.1) is 11.3 Å². The molecule has 2 unspecified atom stereocenters. The molecule has 1 saturated heterocycles. The lowest BCUT2D eigenvalue weighted by molar-refractivity contribution is -0.144. The molecule has 7 nitrogen and oxygen atoms in total. The molecule has 0 bridgehead atoms. The Balaban J connectivity index is 1.47. The SMILES string of the molecule is CCC1C(C(=O)O)CCN1C(=O)[C@@H](NC(=O)OCC1c2ccccc2-c2ccccc21)C(C)(C)C. The first-order valence-corrected chi connectivity index (χ1v) is 12.3. The summed E-state index contributed by atoms with van der Waals surface area (Å²) in [6.45, 7) is 8.05. The highest BCUT2D eigenvalue weighted by Crippen LogP contribution is 2.44. The van der Waals surface area contributed by atoms with Gasteiger partial charge in [-0.15, -0.1) is 0 Å². The zero-order chi connectivity index (χ0) is 25.3. The molecule has 3 atom stereocenters. The molecule has 0 aromatic heterocycles. The predicted molar refractivity (Wildman–Crippen MR) is 133 cm³/mol. The number of ether oxygens (including phenoxy) is 1. The minimum absolute atomic E-state index is 0.0729. The highest BCUT2D eigenvalue weighted by Gasteiger charge is 2.45. The summed E-state index contributed by atoms with van der Waals surface area (Å²) in [6.07, 6.45) is 0.313. The van der Waals surface area contributed by atoms with Gasteiger partial charge in [0.05, 0.1) is 5.92 Å². The van der Waals surface area contributed by atoms with E-state index < -0.39 is 29.4 Å². The topological polar surface area (TPSA) is 95.9 Å². The molecule has 1 aliphatic carbocycles. The number of nitrogens with zero attached hydrogens (tertiary/aromatic N) is 1. The van der Waals surface area contributed by atoms with Gasteiger partial charge in [-0.25, -0.2) is 4.79 Å². The smallest absolute Gasteiger partial charge is 0.407 e. The van der Waals surface area contributed by atoms with E-state index in [1.807, 2.05) is 52.0 Å². The van der Waals surface area contributed by atoms with Crippen LogP contribution in [0.15, 0.2) is 48.5 Å². The van der Waals surface area contributed by atoms with E-state index in [0.717, 1.165) is 22.3 Å². The molecular formula is C28H34N2O5. The average molecular weight is 479 g/mol. The Bertz CT molecular complexity index is 1080. The van der Waals surface area contributed by atoms with Crippen molar-refractivity contribution >= 4 is 18.0 Å². The van der Waals surface area contributed by atoms with Crippen LogP contribution >= 0.6 is 0 Å². The van der Waals surface area contributed by atoms with E-state index in [0.29, 0.717) is 19.4 Å². The van der Waals surface area contributed by atoms with E-state index in [2.05, 4.69) is 29.6 Å². The molecule has 35 heavy (non-hydrogen) atoms. The van der Waals surface area contributed by atoms with Crippen molar-refractivity contribution in [3.8, 4) is 11.1 Å². The Hall–Kier alpha value is -3.35. The fourth-order valence-electron chi connectivity index (χ4n) is 5.49. The van der Waals surface area contributed by atoms with E-state index in [-0.39, 0.29) is 24.5 Å². The van der Waals surface area contributed by atoms with Crippen molar-refractivity contribution in [2.75, 3.05) is 13.2 Å². The van der Waals surface area contributed by atoms with E-state index in [9.17, 15) is 19.5 Å².